The highest BCUT2D eigenvalue weighted by Gasteiger charge is 2.25. The number of nitrogens with one attached hydrogen (secondary N) is 1. The fraction of sp³-hybridized carbons (Fsp3) is 0.455. The van der Waals surface area contributed by atoms with Crippen LogP contribution in [-0.4, -0.2) is 44.3 Å². The van der Waals surface area contributed by atoms with Gasteiger partial charge in [0.15, 0.2) is 5.65 Å². The summed E-state index contributed by atoms with van der Waals surface area (Å²) in [5.41, 5.74) is 0.628. The Kier molecular flexibility index (Phi) is 2.89. The van der Waals surface area contributed by atoms with Crippen LogP contribution < -0.4 is 5.32 Å². The summed E-state index contributed by atoms with van der Waals surface area (Å²) in [5.74, 6) is 1.21. The maximum Gasteiger partial charge on any atom is 0.199 e. The molecule has 94 valence electrons. The second-order valence-corrected chi connectivity index (χ2v) is 4.24. The molecule has 1 fully saturated rings. The second-order valence-electron chi connectivity index (χ2n) is 4.24. The highest BCUT2D eigenvalue weighted by Crippen LogP contribution is 2.22. The summed E-state index contributed by atoms with van der Waals surface area (Å²) in [6, 6.07) is 0. The molecule has 2 atom stereocenters. The summed E-state index contributed by atoms with van der Waals surface area (Å²) >= 11 is 0. The molecule has 0 aromatic carbocycles. The normalized spacial score (nSPS) is 23.3. The van der Waals surface area contributed by atoms with E-state index in [1.54, 1.807) is 16.9 Å². The minimum Gasteiger partial charge on any atom is -0.374 e. The molecule has 0 amide bonds. The van der Waals surface area contributed by atoms with Gasteiger partial charge in [-0.1, -0.05) is 6.08 Å². The zero-order valence-electron chi connectivity index (χ0n) is 9.86. The van der Waals surface area contributed by atoms with Crippen LogP contribution in [0, 0.1) is 5.92 Å². The molecule has 0 radical (unpaired) electrons. The number of aromatic nitrogens is 5. The van der Waals surface area contributed by atoms with Crippen molar-refractivity contribution >= 4 is 11.5 Å². The maximum absolute atomic E-state index is 5.55. The largest absolute Gasteiger partial charge is 0.374 e. The van der Waals surface area contributed by atoms with E-state index in [9.17, 15) is 0 Å². The fourth-order valence-electron chi connectivity index (χ4n) is 2.17. The van der Waals surface area contributed by atoms with Crippen LogP contribution in [0.1, 0.15) is 6.42 Å². The molecule has 0 spiro atoms. The van der Waals surface area contributed by atoms with E-state index in [-0.39, 0.29) is 6.10 Å². The molecule has 1 aliphatic heterocycles. The molecule has 3 rings (SSSR count). The molecule has 0 saturated carbocycles. The maximum atomic E-state index is 5.55. The van der Waals surface area contributed by atoms with E-state index in [0.717, 1.165) is 25.4 Å². The van der Waals surface area contributed by atoms with Crippen molar-refractivity contribution < 1.29 is 4.74 Å². The van der Waals surface area contributed by atoms with Crippen LogP contribution in [0.25, 0.3) is 5.65 Å². The molecule has 2 aromatic rings. The van der Waals surface area contributed by atoms with Gasteiger partial charge in [0, 0.05) is 19.1 Å². The standard InChI is InChI=1S/C11H14N6O/c1-2-9-8(3-4-18-9)5-13-10-6-12-7-11-14-15-16-17(10)11/h2,6-9,13H,1,3-5H2/t8-,9-/m0/s1. The van der Waals surface area contributed by atoms with Crippen LogP contribution in [-0.2, 0) is 4.74 Å². The Labute approximate surface area is 104 Å². The first kappa shape index (κ1) is 11.1. The van der Waals surface area contributed by atoms with Gasteiger partial charge in [-0.2, -0.15) is 4.52 Å². The summed E-state index contributed by atoms with van der Waals surface area (Å²) in [6.07, 6.45) is 6.34. The summed E-state index contributed by atoms with van der Waals surface area (Å²) in [4.78, 5) is 4.09. The van der Waals surface area contributed by atoms with Crippen molar-refractivity contribution in [3.63, 3.8) is 0 Å². The van der Waals surface area contributed by atoms with Crippen molar-refractivity contribution in [1.82, 2.24) is 25.0 Å². The number of hydrogen-bond donors (Lipinski definition) is 1. The van der Waals surface area contributed by atoms with Gasteiger partial charge < -0.3 is 10.1 Å². The number of nitrogens with zero attached hydrogens (tertiary/aromatic N) is 5. The van der Waals surface area contributed by atoms with E-state index in [1.165, 1.54) is 0 Å². The third-order valence-electron chi connectivity index (χ3n) is 3.15. The van der Waals surface area contributed by atoms with Gasteiger partial charge in [0.25, 0.3) is 0 Å². The first-order chi connectivity index (χ1) is 8.88. The minimum atomic E-state index is 0.124. The smallest absolute Gasteiger partial charge is 0.199 e. The number of tetrazole rings is 1. The Hall–Kier alpha value is -2.02. The van der Waals surface area contributed by atoms with E-state index in [1.807, 2.05) is 6.08 Å². The lowest BCUT2D eigenvalue weighted by atomic mass is 10.0. The lowest BCUT2D eigenvalue weighted by molar-refractivity contribution is 0.130. The molecule has 1 saturated heterocycles. The summed E-state index contributed by atoms with van der Waals surface area (Å²) in [6.45, 7) is 5.36. The Morgan fingerprint density at radius 3 is 3.39 bits per heavy atom. The van der Waals surface area contributed by atoms with Crippen molar-refractivity contribution in [2.45, 2.75) is 12.5 Å². The van der Waals surface area contributed by atoms with Crippen molar-refractivity contribution in [2.24, 2.45) is 5.92 Å². The molecular weight excluding hydrogens is 232 g/mol. The van der Waals surface area contributed by atoms with Gasteiger partial charge in [0.1, 0.15) is 5.82 Å². The molecule has 3 heterocycles. The van der Waals surface area contributed by atoms with E-state index in [4.69, 9.17) is 4.74 Å². The molecule has 0 unspecified atom stereocenters. The number of rotatable bonds is 4. The van der Waals surface area contributed by atoms with Gasteiger partial charge in [-0.15, -0.1) is 11.7 Å². The SMILES string of the molecule is C=C[C@@H]1OCC[C@H]1CNc1cncc2nnnn12. The molecular formula is C11H14N6O. The minimum absolute atomic E-state index is 0.124. The van der Waals surface area contributed by atoms with Crippen LogP contribution in [0.5, 0.6) is 0 Å². The van der Waals surface area contributed by atoms with Gasteiger partial charge in [0.2, 0.25) is 0 Å². The molecule has 7 heteroatoms. The molecule has 1 aliphatic rings. The molecule has 18 heavy (non-hydrogen) atoms. The van der Waals surface area contributed by atoms with E-state index < -0.39 is 0 Å². The highest BCUT2D eigenvalue weighted by molar-refractivity contribution is 5.43. The van der Waals surface area contributed by atoms with Crippen LogP contribution in [0.2, 0.25) is 0 Å². The first-order valence-corrected chi connectivity index (χ1v) is 5.88. The van der Waals surface area contributed by atoms with Crippen LogP contribution in [0.4, 0.5) is 5.82 Å². The van der Waals surface area contributed by atoms with Gasteiger partial charge in [-0.3, -0.25) is 4.98 Å². The quantitative estimate of drug-likeness (QED) is 0.793. The van der Waals surface area contributed by atoms with E-state index >= 15 is 0 Å². The van der Waals surface area contributed by atoms with Crippen LogP contribution >= 0.6 is 0 Å². The number of hydrogen-bond acceptors (Lipinski definition) is 6. The lowest BCUT2D eigenvalue weighted by Crippen LogP contribution is -2.22. The Bertz CT molecular complexity index is 553. The molecule has 0 aliphatic carbocycles. The van der Waals surface area contributed by atoms with Gasteiger partial charge in [0.05, 0.1) is 18.5 Å². The lowest BCUT2D eigenvalue weighted by Gasteiger charge is -2.16. The average molecular weight is 246 g/mol. The van der Waals surface area contributed by atoms with Crippen LogP contribution in [0.3, 0.4) is 0 Å². The second kappa shape index (κ2) is 4.69. The third-order valence-corrected chi connectivity index (χ3v) is 3.15. The highest BCUT2D eigenvalue weighted by atomic mass is 16.5. The van der Waals surface area contributed by atoms with Crippen molar-refractivity contribution in [3.8, 4) is 0 Å². The van der Waals surface area contributed by atoms with Crippen molar-refractivity contribution in [2.75, 3.05) is 18.5 Å². The molecule has 0 bridgehead atoms. The molecule has 7 nitrogen and oxygen atoms in total. The van der Waals surface area contributed by atoms with E-state index in [2.05, 4.69) is 32.4 Å². The Balaban J connectivity index is 1.73. The van der Waals surface area contributed by atoms with Gasteiger partial charge >= 0.3 is 0 Å². The number of ether oxygens (including phenoxy) is 1. The van der Waals surface area contributed by atoms with Gasteiger partial charge in [-0.25, -0.2) is 0 Å². The predicted molar refractivity (Wildman–Crippen MR) is 65.1 cm³/mol. The van der Waals surface area contributed by atoms with Gasteiger partial charge in [-0.05, 0) is 16.8 Å². The Morgan fingerprint density at radius 1 is 1.56 bits per heavy atom. The zero-order chi connectivity index (χ0) is 12.4. The summed E-state index contributed by atoms with van der Waals surface area (Å²) < 4.78 is 7.19. The summed E-state index contributed by atoms with van der Waals surface area (Å²) in [7, 11) is 0. The molecule has 1 N–H and O–H groups in total. The predicted octanol–water partition coefficient (Wildman–Crippen LogP) is 0.522. The topological polar surface area (TPSA) is 77.2 Å². The van der Waals surface area contributed by atoms with E-state index in [0.29, 0.717) is 11.6 Å². The Morgan fingerprint density at radius 2 is 2.50 bits per heavy atom. The first-order valence-electron chi connectivity index (χ1n) is 5.88. The summed E-state index contributed by atoms with van der Waals surface area (Å²) in [5, 5.41) is 14.7. The van der Waals surface area contributed by atoms with Crippen LogP contribution in [0.15, 0.2) is 25.0 Å². The number of anilines is 1. The average Bonchev–Trinajstić information content (AvgIpc) is 3.04. The third kappa shape index (κ3) is 1.92. The number of fused-ring (bicyclic) bond motifs is 1. The zero-order valence-corrected chi connectivity index (χ0v) is 9.86. The van der Waals surface area contributed by atoms with Crippen molar-refractivity contribution in [1.29, 1.82) is 0 Å². The monoisotopic (exact) mass is 246 g/mol. The van der Waals surface area contributed by atoms with Crippen molar-refractivity contribution in [3.05, 3.63) is 25.0 Å². The fourth-order valence-corrected chi connectivity index (χ4v) is 2.17. The molecule has 2 aromatic heterocycles.